The van der Waals surface area contributed by atoms with Crippen LogP contribution in [0.4, 0.5) is 5.82 Å². The lowest BCUT2D eigenvalue weighted by molar-refractivity contribution is 0.177. The minimum Gasteiger partial charge on any atom is -0.383 e. The fourth-order valence-corrected chi connectivity index (χ4v) is 2.66. The van der Waals surface area contributed by atoms with Crippen LogP contribution in [-0.2, 0) is 4.74 Å². The van der Waals surface area contributed by atoms with Gasteiger partial charge in [-0.3, -0.25) is 0 Å². The molecule has 0 saturated carbocycles. The summed E-state index contributed by atoms with van der Waals surface area (Å²) in [5, 5.41) is 4.12. The molecule has 5 nitrogen and oxygen atoms in total. The lowest BCUT2D eigenvalue weighted by atomic mass is 10.3. The number of nitrogens with one attached hydrogen (secondary N) is 1. The van der Waals surface area contributed by atoms with Crippen LogP contribution in [0.5, 0.6) is 0 Å². The van der Waals surface area contributed by atoms with E-state index in [1.165, 1.54) is 0 Å². The monoisotopic (exact) mass is 294 g/mol. The maximum Gasteiger partial charge on any atom is 0.169 e. The van der Waals surface area contributed by atoms with Crippen LogP contribution < -0.4 is 10.2 Å². The minimum absolute atomic E-state index is 0.237. The molecule has 1 N–H and O–H groups in total. The smallest absolute Gasteiger partial charge is 0.169 e. The fourth-order valence-electron chi connectivity index (χ4n) is 2.27. The zero-order chi connectivity index (χ0) is 14.4. The standard InChI is InChI=1S/C14H22N4OS/c1-12(11-19-2)16-14(20)18-9-7-17(8-10-18)13-5-3-4-6-15-13/h3-6,12H,7-11H2,1-2H3,(H,16,20)/t12-/m1/s1. The normalized spacial score (nSPS) is 16.9. The van der Waals surface area contributed by atoms with E-state index >= 15 is 0 Å². The average Bonchev–Trinajstić information content (AvgIpc) is 2.48. The predicted octanol–water partition coefficient (Wildman–Crippen LogP) is 1.11. The van der Waals surface area contributed by atoms with Crippen LogP contribution in [0.15, 0.2) is 24.4 Å². The SMILES string of the molecule is COC[C@@H](C)NC(=S)N1CCN(c2ccccn2)CC1. The Hall–Kier alpha value is -1.40. The Bertz CT molecular complexity index is 420. The average molecular weight is 294 g/mol. The number of nitrogens with zero attached hydrogens (tertiary/aromatic N) is 3. The van der Waals surface area contributed by atoms with Gasteiger partial charge in [0.1, 0.15) is 5.82 Å². The first kappa shape index (κ1) is 15.0. The van der Waals surface area contributed by atoms with E-state index in [2.05, 4.69) is 27.0 Å². The van der Waals surface area contributed by atoms with Crippen LogP contribution in [0.25, 0.3) is 0 Å². The van der Waals surface area contributed by atoms with Crippen molar-refractivity contribution in [2.24, 2.45) is 0 Å². The van der Waals surface area contributed by atoms with Crippen molar-refractivity contribution in [3.8, 4) is 0 Å². The molecule has 0 aliphatic carbocycles. The lowest BCUT2D eigenvalue weighted by Gasteiger charge is -2.37. The molecule has 1 aliphatic heterocycles. The molecule has 20 heavy (non-hydrogen) atoms. The van der Waals surface area contributed by atoms with Crippen LogP contribution in [0.3, 0.4) is 0 Å². The van der Waals surface area contributed by atoms with Crippen molar-refractivity contribution in [2.75, 3.05) is 44.8 Å². The van der Waals surface area contributed by atoms with Gasteiger partial charge in [0.15, 0.2) is 5.11 Å². The van der Waals surface area contributed by atoms with Gasteiger partial charge in [-0.2, -0.15) is 0 Å². The number of thiocarbonyl (C=S) groups is 1. The van der Waals surface area contributed by atoms with E-state index < -0.39 is 0 Å². The number of pyridine rings is 1. The number of hydrogen-bond donors (Lipinski definition) is 1. The second-order valence-corrected chi connectivity index (χ2v) is 5.35. The van der Waals surface area contributed by atoms with Gasteiger partial charge >= 0.3 is 0 Å². The summed E-state index contributed by atoms with van der Waals surface area (Å²) in [6.45, 7) is 6.45. The summed E-state index contributed by atoms with van der Waals surface area (Å²) in [5.74, 6) is 1.04. The van der Waals surface area contributed by atoms with Crippen molar-refractivity contribution in [3.05, 3.63) is 24.4 Å². The molecule has 0 bridgehead atoms. The Kier molecular flexibility index (Phi) is 5.55. The van der Waals surface area contributed by atoms with Gasteiger partial charge in [-0.1, -0.05) is 6.07 Å². The highest BCUT2D eigenvalue weighted by Crippen LogP contribution is 2.12. The van der Waals surface area contributed by atoms with Crippen molar-refractivity contribution < 1.29 is 4.74 Å². The minimum atomic E-state index is 0.237. The predicted molar refractivity (Wildman–Crippen MR) is 85.1 cm³/mol. The molecule has 1 fully saturated rings. The number of ether oxygens (including phenoxy) is 1. The van der Waals surface area contributed by atoms with Gasteiger partial charge in [0.25, 0.3) is 0 Å². The molecule has 6 heteroatoms. The maximum atomic E-state index is 5.44. The molecule has 1 atom stereocenters. The number of hydrogen-bond acceptors (Lipinski definition) is 4. The second kappa shape index (κ2) is 7.40. The topological polar surface area (TPSA) is 40.6 Å². The molecule has 0 radical (unpaired) electrons. The van der Waals surface area contributed by atoms with Gasteiger partial charge in [-0.25, -0.2) is 4.98 Å². The summed E-state index contributed by atoms with van der Waals surface area (Å²) in [6.07, 6.45) is 1.83. The second-order valence-electron chi connectivity index (χ2n) is 4.97. The highest BCUT2D eigenvalue weighted by atomic mass is 32.1. The molecular weight excluding hydrogens is 272 g/mol. The quantitative estimate of drug-likeness (QED) is 0.839. The van der Waals surface area contributed by atoms with Crippen molar-refractivity contribution in [1.29, 1.82) is 0 Å². The Balaban J connectivity index is 1.80. The molecule has 2 rings (SSSR count). The van der Waals surface area contributed by atoms with E-state index in [1.807, 2.05) is 24.4 Å². The first-order valence-electron chi connectivity index (χ1n) is 6.91. The summed E-state index contributed by atoms with van der Waals surface area (Å²) < 4.78 is 5.11. The summed E-state index contributed by atoms with van der Waals surface area (Å²) in [5.41, 5.74) is 0. The van der Waals surface area contributed by atoms with Gasteiger partial charge in [-0.15, -0.1) is 0 Å². The van der Waals surface area contributed by atoms with Gasteiger partial charge in [-0.05, 0) is 31.3 Å². The summed E-state index contributed by atoms with van der Waals surface area (Å²) in [6, 6.07) is 6.25. The zero-order valence-corrected chi connectivity index (χ0v) is 12.9. The highest BCUT2D eigenvalue weighted by molar-refractivity contribution is 7.80. The van der Waals surface area contributed by atoms with Crippen molar-refractivity contribution in [2.45, 2.75) is 13.0 Å². The molecule has 1 saturated heterocycles. The molecule has 0 aromatic carbocycles. The van der Waals surface area contributed by atoms with E-state index in [0.717, 1.165) is 37.1 Å². The van der Waals surface area contributed by atoms with E-state index in [1.54, 1.807) is 7.11 Å². The fraction of sp³-hybridized carbons (Fsp3) is 0.571. The third kappa shape index (κ3) is 4.05. The Morgan fingerprint density at radius 1 is 1.40 bits per heavy atom. The van der Waals surface area contributed by atoms with E-state index in [9.17, 15) is 0 Å². The zero-order valence-electron chi connectivity index (χ0n) is 12.1. The maximum absolute atomic E-state index is 5.44. The Morgan fingerprint density at radius 3 is 2.75 bits per heavy atom. The number of anilines is 1. The van der Waals surface area contributed by atoms with Crippen LogP contribution in [-0.4, -0.2) is 60.9 Å². The highest BCUT2D eigenvalue weighted by Gasteiger charge is 2.20. The van der Waals surface area contributed by atoms with Crippen LogP contribution in [0, 0.1) is 0 Å². The summed E-state index contributed by atoms with van der Waals surface area (Å²) in [4.78, 5) is 8.89. The van der Waals surface area contributed by atoms with Crippen molar-refractivity contribution in [3.63, 3.8) is 0 Å². The van der Waals surface area contributed by atoms with E-state index in [0.29, 0.717) is 6.61 Å². The van der Waals surface area contributed by atoms with Gasteiger partial charge < -0.3 is 19.9 Å². The van der Waals surface area contributed by atoms with Crippen LogP contribution in [0.1, 0.15) is 6.92 Å². The molecule has 2 heterocycles. The molecule has 110 valence electrons. The molecule has 0 unspecified atom stereocenters. The van der Waals surface area contributed by atoms with Crippen molar-refractivity contribution in [1.82, 2.24) is 15.2 Å². The number of rotatable bonds is 4. The molecule has 1 aromatic heterocycles. The van der Waals surface area contributed by atoms with Crippen molar-refractivity contribution >= 4 is 23.1 Å². The largest absolute Gasteiger partial charge is 0.383 e. The molecule has 1 aromatic rings. The first-order valence-corrected chi connectivity index (χ1v) is 7.32. The third-order valence-corrected chi connectivity index (χ3v) is 3.70. The molecule has 1 aliphatic rings. The Morgan fingerprint density at radius 2 is 2.15 bits per heavy atom. The molecular formula is C14H22N4OS. The third-order valence-electron chi connectivity index (χ3n) is 3.33. The van der Waals surface area contributed by atoms with Gasteiger partial charge in [0, 0.05) is 45.5 Å². The van der Waals surface area contributed by atoms with Gasteiger partial charge in [0.05, 0.1) is 6.61 Å². The summed E-state index contributed by atoms with van der Waals surface area (Å²) >= 11 is 5.44. The lowest BCUT2D eigenvalue weighted by Crippen LogP contribution is -2.53. The number of piperazine rings is 1. The van der Waals surface area contributed by atoms with E-state index in [-0.39, 0.29) is 6.04 Å². The number of methoxy groups -OCH3 is 1. The van der Waals surface area contributed by atoms with Crippen LogP contribution >= 0.6 is 12.2 Å². The van der Waals surface area contributed by atoms with Crippen LogP contribution in [0.2, 0.25) is 0 Å². The number of aromatic nitrogens is 1. The Labute approximate surface area is 125 Å². The summed E-state index contributed by atoms with van der Waals surface area (Å²) in [7, 11) is 1.70. The van der Waals surface area contributed by atoms with Gasteiger partial charge in [0.2, 0.25) is 0 Å². The van der Waals surface area contributed by atoms with E-state index in [4.69, 9.17) is 17.0 Å². The molecule has 0 spiro atoms. The first-order chi connectivity index (χ1) is 9.70. The molecule has 0 amide bonds.